The number of amides is 1. The van der Waals surface area contributed by atoms with Gasteiger partial charge in [0.1, 0.15) is 11.6 Å². The summed E-state index contributed by atoms with van der Waals surface area (Å²) in [4.78, 5) is 33.4. The Bertz CT molecular complexity index is 881. The first-order valence-electron chi connectivity index (χ1n) is 8.39. The smallest absolute Gasteiger partial charge is 0.293 e. The summed E-state index contributed by atoms with van der Waals surface area (Å²) in [5, 5.41) is 12.6. The van der Waals surface area contributed by atoms with Gasteiger partial charge in [0, 0.05) is 6.54 Å². The minimum absolute atomic E-state index is 0.125. The van der Waals surface area contributed by atoms with Crippen molar-refractivity contribution in [1.29, 1.82) is 0 Å². The quantitative estimate of drug-likeness (QED) is 0.767. The summed E-state index contributed by atoms with van der Waals surface area (Å²) < 4.78 is 12.9. The number of nitrogens with one attached hydrogen (secondary N) is 2. The van der Waals surface area contributed by atoms with E-state index in [1.807, 2.05) is 14.0 Å². The summed E-state index contributed by atoms with van der Waals surface area (Å²) >= 11 is 0. The molecule has 2 aromatic rings. The van der Waals surface area contributed by atoms with Crippen LogP contribution in [0.4, 0.5) is 4.39 Å². The fourth-order valence-electron chi connectivity index (χ4n) is 3.15. The van der Waals surface area contributed by atoms with Gasteiger partial charge >= 0.3 is 0 Å². The highest BCUT2D eigenvalue weighted by Gasteiger charge is 2.39. The number of aromatic nitrogens is 2. The number of aromatic amines is 1. The number of rotatable bonds is 4. The van der Waals surface area contributed by atoms with E-state index >= 15 is 0 Å². The van der Waals surface area contributed by atoms with Gasteiger partial charge in [-0.3, -0.25) is 14.5 Å². The van der Waals surface area contributed by atoms with Gasteiger partial charge in [0.25, 0.3) is 11.5 Å². The average molecular weight is 360 g/mol. The monoisotopic (exact) mass is 360 g/mol. The highest BCUT2D eigenvalue weighted by molar-refractivity contribution is 5.94. The molecule has 138 valence electrons. The van der Waals surface area contributed by atoms with E-state index in [1.54, 1.807) is 12.1 Å². The molecule has 1 aromatic carbocycles. The van der Waals surface area contributed by atoms with Crippen LogP contribution < -0.4 is 10.9 Å². The maximum absolute atomic E-state index is 12.9. The molecule has 0 saturated carbocycles. The van der Waals surface area contributed by atoms with Gasteiger partial charge in [-0.05, 0) is 51.1 Å². The first-order valence-corrected chi connectivity index (χ1v) is 8.39. The third-order valence-electron chi connectivity index (χ3n) is 4.99. The minimum atomic E-state index is -0.747. The Morgan fingerprint density at radius 1 is 1.42 bits per heavy atom. The van der Waals surface area contributed by atoms with Crippen molar-refractivity contribution in [2.24, 2.45) is 0 Å². The van der Waals surface area contributed by atoms with Gasteiger partial charge in [0.2, 0.25) is 5.75 Å². The van der Waals surface area contributed by atoms with E-state index in [0.29, 0.717) is 11.4 Å². The second-order valence-corrected chi connectivity index (χ2v) is 6.72. The lowest BCUT2D eigenvalue weighted by molar-refractivity contribution is 0.0940. The first kappa shape index (κ1) is 18.1. The Hall–Kier alpha value is -2.74. The fourth-order valence-corrected chi connectivity index (χ4v) is 3.15. The number of hydrogen-bond donors (Lipinski definition) is 3. The molecule has 1 aliphatic rings. The van der Waals surface area contributed by atoms with Crippen molar-refractivity contribution in [1.82, 2.24) is 20.2 Å². The number of carbonyl (C=O) groups is 1. The van der Waals surface area contributed by atoms with Crippen LogP contribution in [0.5, 0.6) is 5.75 Å². The molecular weight excluding hydrogens is 339 g/mol. The maximum atomic E-state index is 12.9. The molecule has 1 aliphatic heterocycles. The van der Waals surface area contributed by atoms with Crippen LogP contribution in [0.25, 0.3) is 0 Å². The highest BCUT2D eigenvalue weighted by Crippen LogP contribution is 2.35. The van der Waals surface area contributed by atoms with E-state index in [1.165, 1.54) is 12.1 Å². The molecule has 0 radical (unpaired) electrons. The number of likely N-dealkylation sites (tertiary alicyclic amines) is 1. The van der Waals surface area contributed by atoms with Crippen LogP contribution in [-0.2, 0) is 12.1 Å². The molecule has 0 aliphatic carbocycles. The van der Waals surface area contributed by atoms with E-state index in [4.69, 9.17) is 0 Å². The van der Waals surface area contributed by atoms with Crippen molar-refractivity contribution in [3.05, 3.63) is 57.5 Å². The summed E-state index contributed by atoms with van der Waals surface area (Å²) in [5.74, 6) is -1.39. The van der Waals surface area contributed by atoms with Gasteiger partial charge in [-0.2, -0.15) is 0 Å². The first-order chi connectivity index (χ1) is 12.3. The third-order valence-corrected chi connectivity index (χ3v) is 4.99. The molecule has 0 spiro atoms. The molecule has 1 saturated heterocycles. The maximum Gasteiger partial charge on any atom is 0.293 e. The molecule has 3 rings (SSSR count). The zero-order valence-corrected chi connectivity index (χ0v) is 14.7. The zero-order valence-electron chi connectivity index (χ0n) is 14.7. The van der Waals surface area contributed by atoms with Crippen LogP contribution in [0.15, 0.2) is 29.1 Å². The van der Waals surface area contributed by atoms with Crippen LogP contribution >= 0.6 is 0 Å². The SMILES string of the molecule is CN1CCCC1(C)c1nc(C(=O)NCc2ccc(F)cc2)c(O)c(=O)[nH]1. The van der Waals surface area contributed by atoms with E-state index in [-0.39, 0.29) is 18.1 Å². The van der Waals surface area contributed by atoms with Crippen molar-refractivity contribution in [2.45, 2.75) is 31.8 Å². The van der Waals surface area contributed by atoms with Crippen LogP contribution in [0.2, 0.25) is 0 Å². The molecule has 26 heavy (non-hydrogen) atoms. The summed E-state index contributed by atoms with van der Waals surface area (Å²) in [6.45, 7) is 2.92. The molecule has 1 aromatic heterocycles. The number of H-pyrrole nitrogens is 1. The topological polar surface area (TPSA) is 98.3 Å². The van der Waals surface area contributed by atoms with Gasteiger partial charge in [-0.15, -0.1) is 0 Å². The Balaban J connectivity index is 1.85. The van der Waals surface area contributed by atoms with E-state index in [9.17, 15) is 19.1 Å². The average Bonchev–Trinajstić information content (AvgIpc) is 2.96. The fraction of sp³-hybridized carbons (Fsp3) is 0.389. The molecular formula is C18H21FN4O3. The number of carbonyl (C=O) groups excluding carboxylic acids is 1. The van der Waals surface area contributed by atoms with E-state index in [2.05, 4.69) is 20.2 Å². The largest absolute Gasteiger partial charge is 0.501 e. The molecule has 2 heterocycles. The summed E-state index contributed by atoms with van der Waals surface area (Å²) in [6, 6.07) is 5.67. The van der Waals surface area contributed by atoms with Gasteiger partial charge in [0.05, 0.1) is 5.54 Å². The molecule has 0 bridgehead atoms. The van der Waals surface area contributed by atoms with Crippen molar-refractivity contribution in [2.75, 3.05) is 13.6 Å². The van der Waals surface area contributed by atoms with Gasteiger partial charge in [-0.25, -0.2) is 9.37 Å². The van der Waals surface area contributed by atoms with Crippen LogP contribution in [0, 0.1) is 5.82 Å². The van der Waals surface area contributed by atoms with Crippen molar-refractivity contribution >= 4 is 5.91 Å². The molecule has 1 fully saturated rings. The molecule has 7 nitrogen and oxygen atoms in total. The number of aromatic hydroxyl groups is 1. The lowest BCUT2D eigenvalue weighted by Crippen LogP contribution is -2.39. The Kier molecular flexibility index (Phi) is 4.78. The predicted molar refractivity (Wildman–Crippen MR) is 93.3 cm³/mol. The molecule has 1 amide bonds. The van der Waals surface area contributed by atoms with Crippen molar-refractivity contribution in [3.63, 3.8) is 0 Å². The van der Waals surface area contributed by atoms with E-state index in [0.717, 1.165) is 19.4 Å². The Morgan fingerprint density at radius 2 is 2.12 bits per heavy atom. The highest BCUT2D eigenvalue weighted by atomic mass is 19.1. The van der Waals surface area contributed by atoms with Crippen molar-refractivity contribution < 1.29 is 14.3 Å². The standard InChI is InChI=1S/C18H21FN4O3/c1-18(8-3-9-23(18)2)17-21-13(14(24)16(26)22-17)15(25)20-10-11-4-6-12(19)7-5-11/h4-7,24H,3,8-10H2,1-2H3,(H,20,25)(H,21,22,26). The number of benzene rings is 1. The number of hydrogen-bond acceptors (Lipinski definition) is 5. The molecule has 3 N–H and O–H groups in total. The van der Waals surface area contributed by atoms with Crippen LogP contribution in [0.1, 0.15) is 41.6 Å². The Labute approximate surface area is 149 Å². The second kappa shape index (κ2) is 6.87. The third kappa shape index (κ3) is 3.32. The van der Waals surface area contributed by atoms with Crippen molar-refractivity contribution in [3.8, 4) is 5.75 Å². The van der Waals surface area contributed by atoms with Gasteiger partial charge < -0.3 is 15.4 Å². The van der Waals surface area contributed by atoms with Crippen LogP contribution in [-0.4, -0.2) is 39.5 Å². The number of halogens is 1. The lowest BCUT2D eigenvalue weighted by atomic mass is 9.98. The molecule has 1 unspecified atom stereocenters. The summed E-state index contributed by atoms with van der Waals surface area (Å²) in [6.07, 6.45) is 1.73. The van der Waals surface area contributed by atoms with Gasteiger partial charge in [0.15, 0.2) is 5.69 Å². The summed E-state index contributed by atoms with van der Waals surface area (Å²) in [7, 11) is 1.92. The number of nitrogens with zero attached hydrogens (tertiary/aromatic N) is 2. The lowest BCUT2D eigenvalue weighted by Gasteiger charge is -2.31. The van der Waals surface area contributed by atoms with E-state index < -0.39 is 22.8 Å². The Morgan fingerprint density at radius 3 is 2.73 bits per heavy atom. The second-order valence-electron chi connectivity index (χ2n) is 6.72. The normalized spacial score (nSPS) is 20.3. The zero-order chi connectivity index (χ0) is 18.9. The molecule has 8 heteroatoms. The van der Waals surface area contributed by atoms with Gasteiger partial charge in [-0.1, -0.05) is 12.1 Å². The molecule has 1 atom stereocenters. The predicted octanol–water partition coefficient (Wildman–Crippen LogP) is 1.49. The minimum Gasteiger partial charge on any atom is -0.501 e. The summed E-state index contributed by atoms with van der Waals surface area (Å²) in [5.41, 5.74) is -0.874. The van der Waals surface area contributed by atoms with Crippen LogP contribution in [0.3, 0.4) is 0 Å².